The number of carbonyl (C=O) groups excluding carboxylic acids is 1. The second-order valence-electron chi connectivity index (χ2n) is 6.67. The highest BCUT2D eigenvalue weighted by molar-refractivity contribution is 6.31. The van der Waals surface area contributed by atoms with E-state index in [2.05, 4.69) is 0 Å². The summed E-state index contributed by atoms with van der Waals surface area (Å²) in [6, 6.07) is 5.73. The maximum Gasteiger partial charge on any atom is 0.161 e. The summed E-state index contributed by atoms with van der Waals surface area (Å²) in [4.78, 5) is 12.2. The maximum atomic E-state index is 12.2. The Labute approximate surface area is 139 Å². The number of ether oxygens (including phenoxy) is 2. The average Bonchev–Trinajstić information content (AvgIpc) is 2.39. The number of Topliss-reactive ketones (excluding diaryl/α,β-unsaturated/α-hetero) is 1. The van der Waals surface area contributed by atoms with Crippen molar-refractivity contribution < 1.29 is 14.3 Å². The molecule has 1 aromatic rings. The second-order valence-corrected chi connectivity index (χ2v) is 7.19. The van der Waals surface area contributed by atoms with Gasteiger partial charge < -0.3 is 9.47 Å². The van der Waals surface area contributed by atoms with Gasteiger partial charge in [-0.2, -0.15) is 0 Å². The molecule has 0 amide bonds. The van der Waals surface area contributed by atoms with Crippen molar-refractivity contribution in [3.8, 4) is 11.5 Å². The molecule has 1 aromatic carbocycles. The third kappa shape index (κ3) is 5.53. The summed E-state index contributed by atoms with van der Waals surface area (Å²) >= 11 is 6.28. The number of carbonyl (C=O) groups is 1. The van der Waals surface area contributed by atoms with Gasteiger partial charge in [-0.3, -0.25) is 4.79 Å². The Hall–Kier alpha value is -1.22. The zero-order valence-corrected chi connectivity index (χ0v) is 15.2. The molecule has 124 valence electrons. The number of hydrogen-bond donors (Lipinski definition) is 0. The fourth-order valence-electron chi connectivity index (χ4n) is 2.07. The van der Waals surface area contributed by atoms with Gasteiger partial charge in [0.25, 0.3) is 0 Å². The molecular formula is C18H27ClO3. The molecule has 0 radical (unpaired) electrons. The molecule has 3 nitrogen and oxygen atoms in total. The van der Waals surface area contributed by atoms with Crippen molar-refractivity contribution in [2.24, 2.45) is 5.41 Å². The van der Waals surface area contributed by atoms with E-state index in [1.807, 2.05) is 59.7 Å². The van der Waals surface area contributed by atoms with Crippen LogP contribution in [0.2, 0.25) is 0 Å². The molecule has 22 heavy (non-hydrogen) atoms. The first-order chi connectivity index (χ1) is 10.1. The Morgan fingerprint density at radius 1 is 1.23 bits per heavy atom. The van der Waals surface area contributed by atoms with E-state index in [4.69, 9.17) is 21.1 Å². The van der Waals surface area contributed by atoms with Gasteiger partial charge in [0, 0.05) is 5.41 Å². The molecule has 1 rings (SSSR count). The Balaban J connectivity index is 2.92. The van der Waals surface area contributed by atoms with E-state index >= 15 is 0 Å². The van der Waals surface area contributed by atoms with E-state index < -0.39 is 10.8 Å². The summed E-state index contributed by atoms with van der Waals surface area (Å²) in [5.74, 6) is 1.46. The van der Waals surface area contributed by atoms with Gasteiger partial charge >= 0.3 is 0 Å². The van der Waals surface area contributed by atoms with E-state index in [0.717, 1.165) is 5.56 Å². The van der Waals surface area contributed by atoms with Crippen LogP contribution in [0.4, 0.5) is 0 Å². The van der Waals surface area contributed by atoms with Crippen LogP contribution in [0, 0.1) is 5.41 Å². The van der Waals surface area contributed by atoms with Gasteiger partial charge in [0.2, 0.25) is 0 Å². The zero-order chi connectivity index (χ0) is 16.9. The maximum absolute atomic E-state index is 12.2. The number of rotatable bonds is 7. The monoisotopic (exact) mass is 326 g/mol. The lowest BCUT2D eigenvalue weighted by atomic mass is 9.87. The van der Waals surface area contributed by atoms with Crippen molar-refractivity contribution in [1.29, 1.82) is 0 Å². The molecule has 1 unspecified atom stereocenters. The molecule has 0 aliphatic heterocycles. The number of hydrogen-bond acceptors (Lipinski definition) is 3. The van der Waals surface area contributed by atoms with E-state index in [0.29, 0.717) is 24.5 Å². The molecule has 4 heteroatoms. The normalized spacial score (nSPS) is 13.1. The van der Waals surface area contributed by atoms with Crippen LogP contribution in [0.5, 0.6) is 11.5 Å². The highest BCUT2D eigenvalue weighted by Gasteiger charge is 2.28. The van der Waals surface area contributed by atoms with Crippen molar-refractivity contribution in [2.75, 3.05) is 6.61 Å². The van der Waals surface area contributed by atoms with Crippen LogP contribution in [-0.4, -0.2) is 23.9 Å². The zero-order valence-electron chi connectivity index (χ0n) is 14.4. The first-order valence-corrected chi connectivity index (χ1v) is 8.19. The number of halogens is 1. The van der Waals surface area contributed by atoms with Gasteiger partial charge in [-0.05, 0) is 44.9 Å². The minimum atomic E-state index is -0.536. The van der Waals surface area contributed by atoms with Crippen molar-refractivity contribution >= 4 is 17.4 Å². The lowest BCUT2D eigenvalue weighted by molar-refractivity contribution is -0.125. The molecule has 0 heterocycles. The van der Waals surface area contributed by atoms with Crippen molar-refractivity contribution in [2.45, 2.75) is 59.4 Å². The highest BCUT2D eigenvalue weighted by atomic mass is 35.5. The molecule has 0 aromatic heterocycles. The number of ketones is 1. The van der Waals surface area contributed by atoms with Crippen LogP contribution in [-0.2, 0) is 11.2 Å². The standard InChI is InChI=1S/C18H27ClO3/c1-7-21-16-11-13(8-9-15(16)22-12(2)3)10-14(19)17(20)18(4,5)6/h8-9,11-12,14H,7,10H2,1-6H3. The Morgan fingerprint density at radius 3 is 2.36 bits per heavy atom. The number of benzene rings is 1. The first kappa shape index (κ1) is 18.8. The second kappa shape index (κ2) is 7.87. The van der Waals surface area contributed by atoms with E-state index in [9.17, 15) is 4.79 Å². The summed E-state index contributed by atoms with van der Waals surface area (Å²) in [6.45, 7) is 12.1. The predicted molar refractivity (Wildman–Crippen MR) is 91.2 cm³/mol. The minimum Gasteiger partial charge on any atom is -0.490 e. The molecule has 0 bridgehead atoms. The van der Waals surface area contributed by atoms with Crippen LogP contribution in [0.3, 0.4) is 0 Å². The highest BCUT2D eigenvalue weighted by Crippen LogP contribution is 2.31. The van der Waals surface area contributed by atoms with Gasteiger partial charge in [-0.1, -0.05) is 26.8 Å². The number of alkyl halides is 1. The molecule has 1 atom stereocenters. The summed E-state index contributed by atoms with van der Waals surface area (Å²) in [5, 5.41) is -0.536. The Morgan fingerprint density at radius 2 is 1.86 bits per heavy atom. The van der Waals surface area contributed by atoms with Crippen LogP contribution >= 0.6 is 11.6 Å². The average molecular weight is 327 g/mol. The third-order valence-electron chi connectivity index (χ3n) is 3.11. The minimum absolute atomic E-state index is 0.0506. The molecule has 0 aliphatic carbocycles. The summed E-state index contributed by atoms with van der Waals surface area (Å²) in [7, 11) is 0. The third-order valence-corrected chi connectivity index (χ3v) is 3.46. The lowest BCUT2D eigenvalue weighted by Gasteiger charge is -2.21. The molecule has 0 saturated carbocycles. The van der Waals surface area contributed by atoms with Gasteiger partial charge in [0.05, 0.1) is 18.1 Å². The molecule has 0 fully saturated rings. The van der Waals surface area contributed by atoms with Gasteiger partial charge in [0.1, 0.15) is 0 Å². The Kier molecular flexibility index (Phi) is 6.73. The fraction of sp³-hybridized carbons (Fsp3) is 0.611. The van der Waals surface area contributed by atoms with Crippen molar-refractivity contribution in [3.05, 3.63) is 23.8 Å². The summed E-state index contributed by atoms with van der Waals surface area (Å²) < 4.78 is 11.4. The molecule has 0 spiro atoms. The van der Waals surface area contributed by atoms with E-state index in [1.54, 1.807) is 0 Å². The summed E-state index contributed by atoms with van der Waals surface area (Å²) in [6.07, 6.45) is 0.563. The van der Waals surface area contributed by atoms with Crippen LogP contribution < -0.4 is 9.47 Å². The molecule has 0 N–H and O–H groups in total. The molecular weight excluding hydrogens is 300 g/mol. The van der Waals surface area contributed by atoms with Gasteiger partial charge in [-0.25, -0.2) is 0 Å². The van der Waals surface area contributed by atoms with Crippen molar-refractivity contribution in [3.63, 3.8) is 0 Å². The smallest absolute Gasteiger partial charge is 0.161 e. The van der Waals surface area contributed by atoms with Crippen LogP contribution in [0.1, 0.15) is 47.1 Å². The van der Waals surface area contributed by atoms with Crippen LogP contribution in [0.15, 0.2) is 18.2 Å². The topological polar surface area (TPSA) is 35.5 Å². The Bertz CT molecular complexity index is 504. The summed E-state index contributed by atoms with van der Waals surface area (Å²) in [5.41, 5.74) is 0.535. The molecule has 0 aliphatic rings. The molecule has 0 saturated heterocycles. The van der Waals surface area contributed by atoms with Gasteiger partial charge in [-0.15, -0.1) is 11.6 Å². The van der Waals surface area contributed by atoms with Gasteiger partial charge in [0.15, 0.2) is 17.3 Å². The quantitative estimate of drug-likeness (QED) is 0.685. The fourth-order valence-corrected chi connectivity index (χ4v) is 2.57. The predicted octanol–water partition coefficient (Wildman–Crippen LogP) is 4.64. The van der Waals surface area contributed by atoms with E-state index in [1.165, 1.54) is 0 Å². The van der Waals surface area contributed by atoms with Crippen LogP contribution in [0.25, 0.3) is 0 Å². The SMILES string of the molecule is CCOc1cc(CC(Cl)C(=O)C(C)(C)C)ccc1OC(C)C. The van der Waals surface area contributed by atoms with E-state index in [-0.39, 0.29) is 11.9 Å². The largest absolute Gasteiger partial charge is 0.490 e. The first-order valence-electron chi connectivity index (χ1n) is 7.76. The lowest BCUT2D eigenvalue weighted by Crippen LogP contribution is -2.30. The van der Waals surface area contributed by atoms with Crippen molar-refractivity contribution in [1.82, 2.24) is 0 Å².